The molecular formula is C17H13N. The summed E-state index contributed by atoms with van der Waals surface area (Å²) in [4.78, 5) is 3.50. The number of fused-ring (bicyclic) bond motifs is 5. The van der Waals surface area contributed by atoms with E-state index in [9.17, 15) is 0 Å². The number of hydrogen-bond donors (Lipinski definition) is 1. The van der Waals surface area contributed by atoms with Crippen LogP contribution in [0.1, 0.15) is 5.56 Å². The Hall–Kier alpha value is -2.28. The van der Waals surface area contributed by atoms with Crippen molar-refractivity contribution in [1.82, 2.24) is 4.98 Å². The first-order valence-electron chi connectivity index (χ1n) is 6.23. The monoisotopic (exact) mass is 231 g/mol. The van der Waals surface area contributed by atoms with E-state index in [1.807, 2.05) is 0 Å². The molecule has 0 aliphatic heterocycles. The first-order chi connectivity index (χ1) is 8.84. The molecule has 0 saturated carbocycles. The molecule has 0 radical (unpaired) electrons. The molecule has 1 N–H and O–H groups in total. The van der Waals surface area contributed by atoms with Gasteiger partial charge in [-0.2, -0.15) is 0 Å². The molecule has 4 rings (SSSR count). The van der Waals surface area contributed by atoms with Crippen molar-refractivity contribution in [3.8, 4) is 0 Å². The number of aromatic nitrogens is 1. The molecule has 0 aliphatic rings. The third-order valence-corrected chi connectivity index (χ3v) is 3.72. The van der Waals surface area contributed by atoms with Crippen LogP contribution in [0.4, 0.5) is 0 Å². The largest absolute Gasteiger partial charge is 0.354 e. The summed E-state index contributed by atoms with van der Waals surface area (Å²) in [6.07, 6.45) is 0. The van der Waals surface area contributed by atoms with Gasteiger partial charge in [-0.15, -0.1) is 0 Å². The standard InChI is InChI=1S/C17H13N/c1-11-5-4-6-12-9-10-15-17(16(11)12)13-7-2-3-8-14(13)18-15/h2-10,18H,1H3. The van der Waals surface area contributed by atoms with E-state index >= 15 is 0 Å². The maximum absolute atomic E-state index is 3.50. The van der Waals surface area contributed by atoms with Crippen molar-refractivity contribution in [3.05, 3.63) is 60.2 Å². The van der Waals surface area contributed by atoms with Crippen molar-refractivity contribution in [2.24, 2.45) is 0 Å². The summed E-state index contributed by atoms with van der Waals surface area (Å²) in [5, 5.41) is 5.34. The average molecular weight is 231 g/mol. The van der Waals surface area contributed by atoms with E-state index in [1.165, 1.54) is 38.1 Å². The second-order valence-corrected chi connectivity index (χ2v) is 4.83. The van der Waals surface area contributed by atoms with Crippen LogP contribution in [0.5, 0.6) is 0 Å². The highest BCUT2D eigenvalue weighted by atomic mass is 14.7. The molecule has 0 fully saturated rings. The summed E-state index contributed by atoms with van der Waals surface area (Å²) in [7, 11) is 0. The van der Waals surface area contributed by atoms with E-state index in [1.54, 1.807) is 0 Å². The molecule has 0 saturated heterocycles. The molecule has 0 spiro atoms. The lowest BCUT2D eigenvalue weighted by atomic mass is 10.00. The number of hydrogen-bond acceptors (Lipinski definition) is 0. The van der Waals surface area contributed by atoms with Gasteiger partial charge in [0.15, 0.2) is 0 Å². The highest BCUT2D eigenvalue weighted by Crippen LogP contribution is 2.33. The molecule has 1 aromatic heterocycles. The summed E-state index contributed by atoms with van der Waals surface area (Å²) in [6.45, 7) is 2.18. The van der Waals surface area contributed by atoms with Gasteiger partial charge in [0.1, 0.15) is 0 Å². The van der Waals surface area contributed by atoms with E-state index in [0.29, 0.717) is 0 Å². The SMILES string of the molecule is Cc1cccc2ccc3[nH]c4ccccc4c3c12. The zero-order chi connectivity index (χ0) is 12.1. The predicted octanol–water partition coefficient (Wildman–Crippen LogP) is 4.78. The van der Waals surface area contributed by atoms with Gasteiger partial charge < -0.3 is 4.98 Å². The van der Waals surface area contributed by atoms with Crippen LogP contribution < -0.4 is 0 Å². The minimum Gasteiger partial charge on any atom is -0.354 e. The van der Waals surface area contributed by atoms with Crippen molar-refractivity contribution < 1.29 is 0 Å². The molecule has 4 aromatic rings. The maximum Gasteiger partial charge on any atom is 0.0471 e. The Morgan fingerprint density at radius 2 is 1.61 bits per heavy atom. The van der Waals surface area contributed by atoms with Crippen LogP contribution in [0, 0.1) is 6.92 Å². The van der Waals surface area contributed by atoms with E-state index < -0.39 is 0 Å². The molecular weight excluding hydrogens is 218 g/mol. The summed E-state index contributed by atoms with van der Waals surface area (Å²) in [5.74, 6) is 0. The van der Waals surface area contributed by atoms with E-state index in [-0.39, 0.29) is 0 Å². The second-order valence-electron chi connectivity index (χ2n) is 4.83. The van der Waals surface area contributed by atoms with Crippen LogP contribution in [-0.4, -0.2) is 4.98 Å². The molecule has 0 atom stereocenters. The lowest BCUT2D eigenvalue weighted by Crippen LogP contribution is -1.79. The molecule has 0 aliphatic carbocycles. The number of H-pyrrole nitrogens is 1. The number of aromatic amines is 1. The zero-order valence-corrected chi connectivity index (χ0v) is 10.2. The lowest BCUT2D eigenvalue weighted by Gasteiger charge is -2.04. The van der Waals surface area contributed by atoms with Gasteiger partial charge in [-0.25, -0.2) is 0 Å². The fourth-order valence-corrected chi connectivity index (χ4v) is 2.90. The van der Waals surface area contributed by atoms with Crippen LogP contribution in [-0.2, 0) is 0 Å². The van der Waals surface area contributed by atoms with Crippen molar-refractivity contribution in [2.75, 3.05) is 0 Å². The number of nitrogens with one attached hydrogen (secondary N) is 1. The van der Waals surface area contributed by atoms with Crippen molar-refractivity contribution in [1.29, 1.82) is 0 Å². The van der Waals surface area contributed by atoms with Crippen LogP contribution in [0.25, 0.3) is 32.6 Å². The Balaban J connectivity index is 2.40. The van der Waals surface area contributed by atoms with Gasteiger partial charge in [-0.1, -0.05) is 42.5 Å². The van der Waals surface area contributed by atoms with Gasteiger partial charge in [-0.05, 0) is 35.4 Å². The highest BCUT2D eigenvalue weighted by molar-refractivity contribution is 6.20. The lowest BCUT2D eigenvalue weighted by molar-refractivity contribution is 1.53. The first-order valence-corrected chi connectivity index (χ1v) is 6.23. The topological polar surface area (TPSA) is 15.8 Å². The van der Waals surface area contributed by atoms with E-state index in [4.69, 9.17) is 0 Å². The third kappa shape index (κ3) is 1.16. The van der Waals surface area contributed by atoms with Crippen molar-refractivity contribution >= 4 is 32.6 Å². The molecule has 1 nitrogen and oxygen atoms in total. The van der Waals surface area contributed by atoms with Gasteiger partial charge in [0.2, 0.25) is 0 Å². The highest BCUT2D eigenvalue weighted by Gasteiger charge is 2.08. The zero-order valence-electron chi connectivity index (χ0n) is 10.2. The molecule has 0 unspecified atom stereocenters. The normalized spacial score (nSPS) is 11.6. The van der Waals surface area contributed by atoms with Gasteiger partial charge in [-0.3, -0.25) is 0 Å². The summed E-state index contributed by atoms with van der Waals surface area (Å²) in [6, 6.07) is 19.4. The first kappa shape index (κ1) is 9.72. The van der Waals surface area contributed by atoms with Gasteiger partial charge in [0.25, 0.3) is 0 Å². The fraction of sp³-hybridized carbons (Fsp3) is 0.0588. The number of rotatable bonds is 0. The Bertz CT molecular complexity index is 884. The predicted molar refractivity (Wildman–Crippen MR) is 78.0 cm³/mol. The van der Waals surface area contributed by atoms with Crippen LogP contribution in [0.2, 0.25) is 0 Å². The van der Waals surface area contributed by atoms with Crippen LogP contribution >= 0.6 is 0 Å². The molecule has 86 valence electrons. The Morgan fingerprint density at radius 3 is 2.56 bits per heavy atom. The minimum atomic E-state index is 1.21. The summed E-state index contributed by atoms with van der Waals surface area (Å²) >= 11 is 0. The van der Waals surface area contributed by atoms with Crippen molar-refractivity contribution in [2.45, 2.75) is 6.92 Å². The number of aryl methyl sites for hydroxylation is 1. The quantitative estimate of drug-likeness (QED) is 0.448. The molecule has 1 heterocycles. The Morgan fingerprint density at radius 1 is 0.722 bits per heavy atom. The summed E-state index contributed by atoms with van der Waals surface area (Å²) < 4.78 is 0. The molecule has 18 heavy (non-hydrogen) atoms. The Kier molecular flexibility index (Phi) is 1.81. The van der Waals surface area contributed by atoms with Crippen LogP contribution in [0.15, 0.2) is 54.6 Å². The third-order valence-electron chi connectivity index (χ3n) is 3.72. The van der Waals surface area contributed by atoms with Gasteiger partial charge >= 0.3 is 0 Å². The molecule has 0 amide bonds. The number of benzene rings is 3. The van der Waals surface area contributed by atoms with E-state index in [0.717, 1.165) is 0 Å². The minimum absolute atomic E-state index is 1.21. The fourth-order valence-electron chi connectivity index (χ4n) is 2.90. The van der Waals surface area contributed by atoms with Crippen molar-refractivity contribution in [3.63, 3.8) is 0 Å². The molecule has 1 heteroatoms. The average Bonchev–Trinajstić information content (AvgIpc) is 2.77. The number of para-hydroxylation sites is 1. The second kappa shape index (κ2) is 3.36. The van der Waals surface area contributed by atoms with Gasteiger partial charge in [0.05, 0.1) is 0 Å². The Labute approximate surface area is 105 Å². The van der Waals surface area contributed by atoms with Gasteiger partial charge in [0, 0.05) is 21.8 Å². The smallest absolute Gasteiger partial charge is 0.0471 e. The maximum atomic E-state index is 3.50. The molecule has 0 bridgehead atoms. The van der Waals surface area contributed by atoms with Crippen LogP contribution in [0.3, 0.4) is 0 Å². The van der Waals surface area contributed by atoms with E-state index in [2.05, 4.69) is 66.5 Å². The summed E-state index contributed by atoms with van der Waals surface area (Å²) in [5.41, 5.74) is 3.77. The molecule has 3 aromatic carbocycles.